The molecule has 2 aliphatic rings. The first-order valence-electron chi connectivity index (χ1n) is 16.4. The molecule has 2 aliphatic carbocycles. The Morgan fingerprint density at radius 2 is 1.00 bits per heavy atom. The van der Waals surface area contributed by atoms with E-state index in [0.717, 1.165) is 60.8 Å². The summed E-state index contributed by atoms with van der Waals surface area (Å²) < 4.78 is 79.8. The summed E-state index contributed by atoms with van der Waals surface area (Å²) in [7, 11) is 0. The second-order valence-electron chi connectivity index (χ2n) is 13.0. The minimum Gasteiger partial charge on any atom is -0.327 e. The molecule has 2 saturated carbocycles. The van der Waals surface area contributed by atoms with Gasteiger partial charge in [0.25, 0.3) is 0 Å². The smallest absolute Gasteiger partial charge is 0.327 e. The first-order chi connectivity index (χ1) is 23.9. The standard InChI is InChI=1S/2C18H17F3N4/c2*19-18(20,21)16-15-13(7-8-23-17(15)25-24-16)11-4-1-3-10(9-11)12-5-2-6-14(12)22/h2*1,3-4,7-9,12,14H,2,5-6,22H2,(H,23,24,25)/t12-,14+;12-,14-/m10/s1. The molecule has 0 aliphatic heterocycles. The molecular formula is C36H34F6N8. The zero-order valence-corrected chi connectivity index (χ0v) is 26.7. The zero-order chi connectivity index (χ0) is 35.2. The largest absolute Gasteiger partial charge is 0.433 e. The number of fused-ring (bicyclic) bond motifs is 2. The van der Waals surface area contributed by atoms with Gasteiger partial charge in [0.05, 0.1) is 10.8 Å². The summed E-state index contributed by atoms with van der Waals surface area (Å²) in [6.07, 6.45) is 0.0642. The van der Waals surface area contributed by atoms with Crippen LogP contribution in [0.15, 0.2) is 73.1 Å². The number of H-pyrrole nitrogens is 2. The molecule has 6 N–H and O–H groups in total. The van der Waals surface area contributed by atoms with E-state index in [1.54, 1.807) is 12.1 Å². The Morgan fingerprint density at radius 1 is 0.580 bits per heavy atom. The maximum atomic E-state index is 13.3. The maximum absolute atomic E-state index is 13.3. The minimum absolute atomic E-state index is 0.00266. The number of halogens is 6. The van der Waals surface area contributed by atoms with Gasteiger partial charge in [-0.25, -0.2) is 9.97 Å². The van der Waals surface area contributed by atoms with E-state index in [4.69, 9.17) is 11.5 Å². The van der Waals surface area contributed by atoms with E-state index in [1.807, 2.05) is 48.5 Å². The van der Waals surface area contributed by atoms with Crippen LogP contribution < -0.4 is 11.5 Å². The van der Waals surface area contributed by atoms with Crippen LogP contribution in [-0.4, -0.2) is 42.4 Å². The highest BCUT2D eigenvalue weighted by atomic mass is 19.4. The van der Waals surface area contributed by atoms with E-state index < -0.39 is 23.7 Å². The Bertz CT molecular complexity index is 1980. The predicted octanol–water partition coefficient (Wildman–Crippen LogP) is 8.48. The predicted molar refractivity (Wildman–Crippen MR) is 178 cm³/mol. The molecule has 50 heavy (non-hydrogen) atoms. The fraction of sp³-hybridized carbons (Fsp3) is 0.333. The number of benzene rings is 2. The molecule has 0 bridgehead atoms. The lowest BCUT2D eigenvalue weighted by molar-refractivity contribution is -0.140. The fourth-order valence-corrected chi connectivity index (χ4v) is 7.46. The lowest BCUT2D eigenvalue weighted by Crippen LogP contribution is -2.22. The Balaban J connectivity index is 0.000000157. The Morgan fingerprint density at radius 3 is 1.36 bits per heavy atom. The number of nitrogens with two attached hydrogens (primary N) is 2. The zero-order valence-electron chi connectivity index (χ0n) is 26.7. The van der Waals surface area contributed by atoms with Crippen molar-refractivity contribution in [1.82, 2.24) is 30.4 Å². The van der Waals surface area contributed by atoms with Gasteiger partial charge in [-0.1, -0.05) is 61.4 Å². The van der Waals surface area contributed by atoms with Crippen LogP contribution in [-0.2, 0) is 12.4 Å². The molecule has 0 saturated heterocycles. The normalized spacial score (nSPS) is 21.1. The highest BCUT2D eigenvalue weighted by Crippen LogP contribution is 2.41. The van der Waals surface area contributed by atoms with Crippen molar-refractivity contribution in [1.29, 1.82) is 0 Å². The molecule has 4 heterocycles. The summed E-state index contributed by atoms with van der Waals surface area (Å²) in [6.45, 7) is 0. The molecule has 0 amide bonds. The van der Waals surface area contributed by atoms with Gasteiger partial charge in [-0.3, -0.25) is 10.2 Å². The third-order valence-electron chi connectivity index (χ3n) is 9.87. The third-order valence-corrected chi connectivity index (χ3v) is 9.87. The van der Waals surface area contributed by atoms with E-state index in [2.05, 4.69) is 30.4 Å². The SMILES string of the molecule is N[C@H]1CCC[C@@H]1c1cccc(-c2ccnc3n[nH]c(C(F)(F)F)c23)c1.N[C@H]1CCC[C@H]1c1cccc(-c2ccnc3n[nH]c(C(F)(F)F)c23)c1. The Kier molecular flexibility index (Phi) is 8.85. The fourth-order valence-electron chi connectivity index (χ4n) is 7.46. The van der Waals surface area contributed by atoms with Crippen LogP contribution in [0.1, 0.15) is 72.9 Å². The van der Waals surface area contributed by atoms with Crippen molar-refractivity contribution in [3.05, 3.63) is 95.6 Å². The minimum atomic E-state index is -4.52. The van der Waals surface area contributed by atoms with Crippen molar-refractivity contribution in [2.75, 3.05) is 0 Å². The van der Waals surface area contributed by atoms with Crippen LogP contribution in [0.3, 0.4) is 0 Å². The second kappa shape index (κ2) is 13.1. The van der Waals surface area contributed by atoms with Gasteiger partial charge in [0.15, 0.2) is 11.3 Å². The maximum Gasteiger partial charge on any atom is 0.433 e. The number of aromatic amines is 2. The van der Waals surface area contributed by atoms with Crippen LogP contribution in [0.2, 0.25) is 0 Å². The number of alkyl halides is 6. The number of nitrogens with one attached hydrogen (secondary N) is 2. The van der Waals surface area contributed by atoms with Crippen molar-refractivity contribution in [3.63, 3.8) is 0 Å². The van der Waals surface area contributed by atoms with Crippen LogP contribution in [0.25, 0.3) is 44.3 Å². The van der Waals surface area contributed by atoms with E-state index in [-0.39, 0.29) is 46.0 Å². The molecule has 8 nitrogen and oxygen atoms in total. The summed E-state index contributed by atoms with van der Waals surface area (Å²) in [5.74, 6) is 0.507. The summed E-state index contributed by atoms with van der Waals surface area (Å²) in [6, 6.07) is 18.6. The van der Waals surface area contributed by atoms with Gasteiger partial charge in [-0.05, 0) is 83.0 Å². The van der Waals surface area contributed by atoms with E-state index in [9.17, 15) is 26.3 Å². The summed E-state index contributed by atoms with van der Waals surface area (Å²) in [4.78, 5) is 7.90. The highest BCUT2D eigenvalue weighted by Gasteiger charge is 2.38. The van der Waals surface area contributed by atoms with Crippen molar-refractivity contribution in [3.8, 4) is 22.3 Å². The first-order valence-corrected chi connectivity index (χ1v) is 16.4. The van der Waals surface area contributed by atoms with Gasteiger partial charge in [0.1, 0.15) is 11.4 Å². The summed E-state index contributed by atoms with van der Waals surface area (Å²) in [5.41, 5.74) is 15.3. The Labute approximate surface area is 282 Å². The molecule has 8 rings (SSSR count). The molecule has 0 radical (unpaired) electrons. The number of hydrogen-bond donors (Lipinski definition) is 4. The van der Waals surface area contributed by atoms with Gasteiger partial charge in [-0.2, -0.15) is 36.5 Å². The van der Waals surface area contributed by atoms with E-state index in [0.29, 0.717) is 11.1 Å². The molecule has 6 aromatic rings. The monoisotopic (exact) mass is 692 g/mol. The lowest BCUT2D eigenvalue weighted by atomic mass is 9.91. The van der Waals surface area contributed by atoms with E-state index >= 15 is 0 Å². The summed E-state index contributed by atoms with van der Waals surface area (Å²) >= 11 is 0. The molecule has 2 aromatic carbocycles. The number of pyridine rings is 2. The molecule has 14 heteroatoms. The van der Waals surface area contributed by atoms with Crippen molar-refractivity contribution < 1.29 is 26.3 Å². The van der Waals surface area contributed by atoms with Gasteiger partial charge >= 0.3 is 12.4 Å². The summed E-state index contributed by atoms with van der Waals surface area (Å²) in [5, 5.41) is 11.6. The van der Waals surface area contributed by atoms with Gasteiger partial charge < -0.3 is 11.5 Å². The molecule has 2 fully saturated rings. The van der Waals surface area contributed by atoms with E-state index in [1.165, 1.54) is 12.4 Å². The Hall–Kier alpha value is -4.82. The van der Waals surface area contributed by atoms with Gasteiger partial charge in [-0.15, -0.1) is 0 Å². The average molecular weight is 693 g/mol. The van der Waals surface area contributed by atoms with Gasteiger partial charge in [0, 0.05) is 24.5 Å². The molecular weight excluding hydrogens is 658 g/mol. The molecule has 0 unspecified atom stereocenters. The van der Waals surface area contributed by atoms with Crippen LogP contribution in [0.4, 0.5) is 26.3 Å². The topological polar surface area (TPSA) is 135 Å². The number of hydrogen-bond acceptors (Lipinski definition) is 6. The molecule has 0 spiro atoms. The van der Waals surface area contributed by atoms with Crippen molar-refractivity contribution in [2.24, 2.45) is 11.5 Å². The van der Waals surface area contributed by atoms with Crippen LogP contribution >= 0.6 is 0 Å². The van der Waals surface area contributed by atoms with Crippen LogP contribution in [0.5, 0.6) is 0 Å². The quantitative estimate of drug-likeness (QED) is 0.137. The first kappa shape index (κ1) is 33.7. The third kappa shape index (κ3) is 6.44. The van der Waals surface area contributed by atoms with Crippen molar-refractivity contribution in [2.45, 2.75) is 74.8 Å². The number of rotatable bonds is 4. The second-order valence-corrected chi connectivity index (χ2v) is 13.0. The van der Waals surface area contributed by atoms with Crippen molar-refractivity contribution >= 4 is 22.1 Å². The highest BCUT2D eigenvalue weighted by molar-refractivity contribution is 5.95. The molecule has 260 valence electrons. The molecule has 4 aromatic heterocycles. The number of aromatic nitrogens is 6. The average Bonchev–Trinajstić information content (AvgIpc) is 3.90. The molecule has 4 atom stereocenters. The van der Waals surface area contributed by atoms with Crippen LogP contribution in [0, 0.1) is 0 Å². The number of nitrogens with zero attached hydrogens (tertiary/aromatic N) is 4. The van der Waals surface area contributed by atoms with Gasteiger partial charge in [0.2, 0.25) is 0 Å². The lowest BCUT2D eigenvalue weighted by Gasteiger charge is -2.17.